The fourth-order valence-electron chi connectivity index (χ4n) is 10.3. The van der Waals surface area contributed by atoms with E-state index in [1.807, 2.05) is 0 Å². The summed E-state index contributed by atoms with van der Waals surface area (Å²) in [6.45, 7) is 20.2. The van der Waals surface area contributed by atoms with Crippen LogP contribution in [0.2, 0.25) is 0 Å². The Morgan fingerprint density at radius 2 is 0.816 bits per heavy atom. The third kappa shape index (κ3) is 9.32. The molecule has 280 valence electrons. The van der Waals surface area contributed by atoms with Gasteiger partial charge in [-0.1, -0.05) is 65.9 Å². The van der Waals surface area contributed by atoms with Gasteiger partial charge in [0.25, 0.3) is 0 Å². The summed E-state index contributed by atoms with van der Waals surface area (Å²) in [5, 5.41) is 0. The van der Waals surface area contributed by atoms with Crippen molar-refractivity contribution in [2.24, 2.45) is 16.2 Å². The Morgan fingerprint density at radius 3 is 1.08 bits per heavy atom. The highest BCUT2D eigenvalue weighted by Gasteiger charge is 2.72. The van der Waals surface area contributed by atoms with Gasteiger partial charge in [-0.2, -0.15) is 0 Å². The van der Waals surface area contributed by atoms with Crippen LogP contribution in [0, 0.1) is 16.2 Å². The number of hydrogen-bond acceptors (Lipinski definition) is 8. The first-order chi connectivity index (χ1) is 23.3. The Kier molecular flexibility index (Phi) is 11.7. The number of carbonyl (C=O) groups excluding carboxylic acids is 1. The molecular formula is C41H68O8. The van der Waals surface area contributed by atoms with Crippen LogP contribution in [-0.2, 0) is 38.0 Å². The maximum absolute atomic E-state index is 13.2. The standard InChI is InChI=1S/C41H68O8/c1-33(2)34(42)49-41-24-38(46-18-12-6-9-15-35(3)27-43-28-35)21-39(25-41,47-19-13-7-10-16-36(4)29-44-30-36)23-40(22-38,26-41)48-20-14-8-11-17-37(5)31-45-32-37/h1,6-32H2,2-5H3. The van der Waals surface area contributed by atoms with Gasteiger partial charge in [-0.15, -0.1) is 0 Å². The van der Waals surface area contributed by atoms with E-state index in [0.29, 0.717) is 41.1 Å². The molecule has 3 saturated heterocycles. The predicted octanol–water partition coefficient (Wildman–Crippen LogP) is 8.28. The molecule has 0 radical (unpaired) electrons. The first kappa shape index (κ1) is 37.7. The number of unbranched alkanes of at least 4 members (excludes halogenated alkanes) is 6. The van der Waals surface area contributed by atoms with Crippen LogP contribution in [0.5, 0.6) is 0 Å². The molecule has 4 aliphatic carbocycles. The third-order valence-electron chi connectivity index (χ3n) is 12.7. The van der Waals surface area contributed by atoms with Crippen molar-refractivity contribution in [3.8, 4) is 0 Å². The molecule has 3 heterocycles. The van der Waals surface area contributed by atoms with Crippen LogP contribution in [-0.4, -0.2) is 87.8 Å². The Bertz CT molecular complexity index is 1010. The Hall–Kier alpha value is -1.03. The summed E-state index contributed by atoms with van der Waals surface area (Å²) in [4.78, 5) is 13.2. The van der Waals surface area contributed by atoms with Crippen molar-refractivity contribution < 1.29 is 38.0 Å². The summed E-state index contributed by atoms with van der Waals surface area (Å²) in [5.41, 5.74) is -0.401. The summed E-state index contributed by atoms with van der Waals surface area (Å²) in [7, 11) is 0. The lowest BCUT2D eigenvalue weighted by Crippen LogP contribution is -2.74. The highest BCUT2D eigenvalue weighted by atomic mass is 16.6. The molecule has 4 bridgehead atoms. The van der Waals surface area contributed by atoms with Crippen LogP contribution >= 0.6 is 0 Å². The fraction of sp³-hybridized carbons (Fsp3) is 0.927. The maximum Gasteiger partial charge on any atom is 0.333 e. The third-order valence-corrected chi connectivity index (χ3v) is 12.7. The van der Waals surface area contributed by atoms with Crippen molar-refractivity contribution in [2.75, 3.05) is 59.5 Å². The lowest BCUT2D eigenvalue weighted by atomic mass is 9.48. The van der Waals surface area contributed by atoms with E-state index in [1.54, 1.807) is 6.92 Å². The second-order valence-electron chi connectivity index (χ2n) is 18.9. The van der Waals surface area contributed by atoms with Crippen molar-refractivity contribution in [1.82, 2.24) is 0 Å². The molecule has 0 atom stereocenters. The van der Waals surface area contributed by atoms with Crippen molar-refractivity contribution >= 4 is 5.97 Å². The predicted molar refractivity (Wildman–Crippen MR) is 190 cm³/mol. The first-order valence-electron chi connectivity index (χ1n) is 19.9. The van der Waals surface area contributed by atoms with Crippen LogP contribution in [0.25, 0.3) is 0 Å². The Balaban J connectivity index is 1.10. The molecule has 3 aliphatic heterocycles. The average Bonchev–Trinajstić information content (AvgIpc) is 2.98. The van der Waals surface area contributed by atoms with Crippen molar-refractivity contribution in [1.29, 1.82) is 0 Å². The second-order valence-corrected chi connectivity index (χ2v) is 18.9. The maximum atomic E-state index is 13.2. The largest absolute Gasteiger partial charge is 0.455 e. The average molecular weight is 689 g/mol. The highest BCUT2D eigenvalue weighted by molar-refractivity contribution is 5.87. The molecule has 49 heavy (non-hydrogen) atoms. The van der Waals surface area contributed by atoms with Gasteiger partial charge in [-0.05, 0) is 45.4 Å². The zero-order valence-corrected chi connectivity index (χ0v) is 31.6. The summed E-state index contributed by atoms with van der Waals surface area (Å²) >= 11 is 0. The molecule has 0 N–H and O–H groups in total. The van der Waals surface area contributed by atoms with Crippen molar-refractivity contribution in [3.05, 3.63) is 12.2 Å². The summed E-state index contributed by atoms with van der Waals surface area (Å²) in [6.07, 6.45) is 18.5. The number of rotatable bonds is 23. The van der Waals surface area contributed by atoms with Gasteiger partial charge in [0.05, 0.1) is 56.4 Å². The number of ether oxygens (including phenoxy) is 7. The summed E-state index contributed by atoms with van der Waals surface area (Å²) in [6, 6.07) is 0. The van der Waals surface area contributed by atoms with E-state index in [2.05, 4.69) is 27.4 Å². The highest BCUT2D eigenvalue weighted by Crippen LogP contribution is 2.65. The Morgan fingerprint density at radius 1 is 0.510 bits per heavy atom. The zero-order chi connectivity index (χ0) is 34.7. The molecule has 0 amide bonds. The van der Waals surface area contributed by atoms with Crippen LogP contribution in [0.1, 0.15) is 143 Å². The van der Waals surface area contributed by atoms with Crippen LogP contribution < -0.4 is 0 Å². The molecule has 0 unspecified atom stereocenters. The van der Waals surface area contributed by atoms with E-state index in [0.717, 1.165) is 117 Å². The van der Waals surface area contributed by atoms with Crippen LogP contribution in [0.15, 0.2) is 12.2 Å². The molecule has 8 heteroatoms. The molecule has 0 aromatic carbocycles. The lowest BCUT2D eigenvalue weighted by molar-refractivity contribution is -0.327. The van der Waals surface area contributed by atoms with E-state index >= 15 is 0 Å². The number of carbonyl (C=O) groups is 1. The van der Waals surface area contributed by atoms with Gasteiger partial charge in [-0.3, -0.25) is 0 Å². The molecule has 0 aromatic heterocycles. The number of esters is 1. The van der Waals surface area contributed by atoms with Crippen molar-refractivity contribution in [3.63, 3.8) is 0 Å². The first-order valence-corrected chi connectivity index (χ1v) is 19.9. The molecule has 7 aliphatic rings. The molecule has 0 spiro atoms. The lowest BCUT2D eigenvalue weighted by Gasteiger charge is -2.68. The minimum absolute atomic E-state index is 0.308. The molecule has 4 saturated carbocycles. The van der Waals surface area contributed by atoms with E-state index in [9.17, 15) is 4.79 Å². The summed E-state index contributed by atoms with van der Waals surface area (Å²) < 4.78 is 43.9. The molecule has 7 fully saturated rings. The molecule has 0 aromatic rings. The molecular weight excluding hydrogens is 620 g/mol. The zero-order valence-electron chi connectivity index (χ0n) is 31.6. The quantitative estimate of drug-likeness (QED) is 0.0603. The SMILES string of the molecule is C=C(C)C(=O)OC12CC3(OCCCCCC4(C)COC4)CC(OCCCCCC4(C)COC4)(CC(OCCCCCC4(C)COC4)(C3)C1)C2. The Labute approximate surface area is 297 Å². The van der Waals surface area contributed by atoms with Crippen molar-refractivity contribution in [2.45, 2.75) is 166 Å². The van der Waals surface area contributed by atoms with Gasteiger partial charge in [0.15, 0.2) is 0 Å². The van der Waals surface area contributed by atoms with E-state index < -0.39 is 22.4 Å². The molecule has 7 rings (SSSR count). The van der Waals surface area contributed by atoms with E-state index in [-0.39, 0.29) is 5.97 Å². The number of hydrogen-bond donors (Lipinski definition) is 0. The van der Waals surface area contributed by atoms with Gasteiger partial charge in [0.1, 0.15) is 5.60 Å². The monoisotopic (exact) mass is 688 g/mol. The second kappa shape index (κ2) is 15.1. The van der Waals surface area contributed by atoms with Gasteiger partial charge < -0.3 is 33.2 Å². The molecule has 8 nitrogen and oxygen atoms in total. The fourth-order valence-corrected chi connectivity index (χ4v) is 10.3. The van der Waals surface area contributed by atoms with Gasteiger partial charge in [0.2, 0.25) is 0 Å². The van der Waals surface area contributed by atoms with Crippen LogP contribution in [0.4, 0.5) is 0 Å². The smallest absolute Gasteiger partial charge is 0.333 e. The normalized spacial score (nSPS) is 34.5. The summed E-state index contributed by atoms with van der Waals surface area (Å²) in [5.74, 6) is -0.308. The van der Waals surface area contributed by atoms with Crippen LogP contribution in [0.3, 0.4) is 0 Å². The minimum Gasteiger partial charge on any atom is -0.455 e. The van der Waals surface area contributed by atoms with E-state index in [1.165, 1.54) is 38.5 Å². The van der Waals surface area contributed by atoms with Gasteiger partial charge in [0, 0.05) is 80.2 Å². The minimum atomic E-state index is -0.665. The van der Waals surface area contributed by atoms with E-state index in [4.69, 9.17) is 33.2 Å². The topological polar surface area (TPSA) is 81.7 Å². The van der Waals surface area contributed by atoms with Gasteiger partial charge >= 0.3 is 5.97 Å². The van der Waals surface area contributed by atoms with Gasteiger partial charge in [-0.25, -0.2) is 4.79 Å².